The van der Waals surface area contributed by atoms with Crippen LogP contribution in [0, 0.1) is 5.92 Å². The van der Waals surface area contributed by atoms with Crippen LogP contribution in [0.25, 0.3) is 0 Å². The molecule has 0 saturated heterocycles. The molecule has 1 atom stereocenters. The quantitative estimate of drug-likeness (QED) is 0.721. The summed E-state index contributed by atoms with van der Waals surface area (Å²) in [5.74, 6) is -1.05. The van der Waals surface area contributed by atoms with E-state index in [0.29, 0.717) is 0 Å². The monoisotopic (exact) mass is 241 g/mol. The first-order valence-corrected chi connectivity index (χ1v) is 5.80. The molecule has 1 saturated carbocycles. The molecular weight excluding hydrogens is 222 g/mol. The number of carboxylic acid groups (broad SMARTS) is 1. The van der Waals surface area contributed by atoms with Gasteiger partial charge >= 0.3 is 12.1 Å². The molecule has 1 aliphatic carbocycles. The van der Waals surface area contributed by atoms with Gasteiger partial charge in [-0.05, 0) is 25.7 Å². The van der Waals surface area contributed by atoms with Gasteiger partial charge in [-0.3, -0.25) is 0 Å². The average Bonchev–Trinajstić information content (AvgIpc) is 2.79. The Balaban J connectivity index is 2.67. The molecule has 1 unspecified atom stereocenters. The molecule has 1 fully saturated rings. The summed E-state index contributed by atoms with van der Waals surface area (Å²) < 4.78 is 4.77. The van der Waals surface area contributed by atoms with Gasteiger partial charge in [-0.1, -0.05) is 25.5 Å². The largest absolute Gasteiger partial charge is 0.480 e. The highest BCUT2D eigenvalue weighted by atomic mass is 16.5. The zero-order chi connectivity index (χ0) is 12.9. The highest BCUT2D eigenvalue weighted by molar-refractivity contribution is 5.84. The standard InChI is InChI=1S/C12H19NO4/c1-3-8-17-11(16)13-12(2,10(14)15)9-6-4-5-7-9/h3,9H,1,4-8H2,2H3,(H,13,16)(H,14,15). The van der Waals surface area contributed by atoms with E-state index in [1.807, 2.05) is 0 Å². The Labute approximate surface area is 101 Å². The summed E-state index contributed by atoms with van der Waals surface area (Å²) in [6.07, 6.45) is 4.40. The minimum atomic E-state index is -1.24. The van der Waals surface area contributed by atoms with E-state index < -0.39 is 17.6 Å². The van der Waals surface area contributed by atoms with Crippen molar-refractivity contribution in [2.45, 2.75) is 38.1 Å². The number of rotatable bonds is 5. The van der Waals surface area contributed by atoms with Crippen molar-refractivity contribution in [1.29, 1.82) is 0 Å². The van der Waals surface area contributed by atoms with Gasteiger partial charge in [0, 0.05) is 0 Å². The Morgan fingerprint density at radius 3 is 2.59 bits per heavy atom. The van der Waals surface area contributed by atoms with E-state index in [2.05, 4.69) is 11.9 Å². The minimum absolute atomic E-state index is 0.0312. The van der Waals surface area contributed by atoms with Crippen LogP contribution in [-0.4, -0.2) is 29.3 Å². The molecule has 2 N–H and O–H groups in total. The van der Waals surface area contributed by atoms with Gasteiger partial charge in [-0.15, -0.1) is 0 Å². The fraction of sp³-hybridized carbons (Fsp3) is 0.667. The number of alkyl carbamates (subject to hydrolysis) is 1. The van der Waals surface area contributed by atoms with Gasteiger partial charge < -0.3 is 15.2 Å². The van der Waals surface area contributed by atoms with E-state index in [-0.39, 0.29) is 12.5 Å². The normalized spacial score (nSPS) is 19.4. The number of carboxylic acids is 1. The van der Waals surface area contributed by atoms with E-state index in [0.717, 1.165) is 25.7 Å². The Morgan fingerprint density at radius 2 is 2.12 bits per heavy atom. The van der Waals surface area contributed by atoms with Crippen LogP contribution in [0.5, 0.6) is 0 Å². The smallest absolute Gasteiger partial charge is 0.408 e. The predicted octanol–water partition coefficient (Wildman–Crippen LogP) is 1.93. The van der Waals surface area contributed by atoms with Crippen molar-refractivity contribution in [3.63, 3.8) is 0 Å². The van der Waals surface area contributed by atoms with Gasteiger partial charge in [0.2, 0.25) is 0 Å². The summed E-state index contributed by atoms with van der Waals surface area (Å²) in [7, 11) is 0. The van der Waals surface area contributed by atoms with Crippen LogP contribution >= 0.6 is 0 Å². The van der Waals surface area contributed by atoms with Crippen LogP contribution in [-0.2, 0) is 9.53 Å². The third-order valence-corrected chi connectivity index (χ3v) is 3.31. The van der Waals surface area contributed by atoms with Crippen molar-refractivity contribution in [3.05, 3.63) is 12.7 Å². The molecule has 96 valence electrons. The molecule has 0 bridgehead atoms. The number of hydrogen-bond donors (Lipinski definition) is 2. The number of nitrogens with one attached hydrogen (secondary N) is 1. The van der Waals surface area contributed by atoms with Crippen molar-refractivity contribution in [2.75, 3.05) is 6.61 Å². The van der Waals surface area contributed by atoms with Gasteiger partial charge in [-0.2, -0.15) is 0 Å². The van der Waals surface area contributed by atoms with E-state index in [9.17, 15) is 14.7 Å². The molecule has 0 aliphatic heterocycles. The van der Waals surface area contributed by atoms with Gasteiger partial charge in [0.1, 0.15) is 12.1 Å². The van der Waals surface area contributed by atoms with Crippen molar-refractivity contribution < 1.29 is 19.4 Å². The molecule has 1 aliphatic rings. The van der Waals surface area contributed by atoms with E-state index in [1.54, 1.807) is 6.92 Å². The molecule has 0 heterocycles. The van der Waals surface area contributed by atoms with Crippen LogP contribution in [0.2, 0.25) is 0 Å². The predicted molar refractivity (Wildman–Crippen MR) is 62.7 cm³/mol. The van der Waals surface area contributed by atoms with Crippen molar-refractivity contribution in [3.8, 4) is 0 Å². The lowest BCUT2D eigenvalue weighted by atomic mass is 9.84. The van der Waals surface area contributed by atoms with Gasteiger partial charge in [0.05, 0.1) is 0 Å². The van der Waals surface area contributed by atoms with E-state index in [4.69, 9.17) is 4.74 Å². The summed E-state index contributed by atoms with van der Waals surface area (Å²) in [6.45, 7) is 5.04. The van der Waals surface area contributed by atoms with E-state index in [1.165, 1.54) is 6.08 Å². The summed E-state index contributed by atoms with van der Waals surface area (Å²) in [5.41, 5.74) is -1.24. The summed E-state index contributed by atoms with van der Waals surface area (Å²) in [4.78, 5) is 22.8. The fourth-order valence-electron chi connectivity index (χ4n) is 2.22. The first kappa shape index (κ1) is 13.5. The fourth-order valence-corrected chi connectivity index (χ4v) is 2.22. The Morgan fingerprint density at radius 1 is 1.53 bits per heavy atom. The molecule has 5 nitrogen and oxygen atoms in total. The molecule has 0 spiro atoms. The first-order chi connectivity index (χ1) is 8.00. The Hall–Kier alpha value is -1.52. The first-order valence-electron chi connectivity index (χ1n) is 5.80. The third-order valence-electron chi connectivity index (χ3n) is 3.31. The topological polar surface area (TPSA) is 75.6 Å². The van der Waals surface area contributed by atoms with Gasteiger partial charge in [0.15, 0.2) is 0 Å². The lowest BCUT2D eigenvalue weighted by Crippen LogP contribution is -2.56. The molecular formula is C12H19NO4. The second-order valence-electron chi connectivity index (χ2n) is 4.50. The lowest BCUT2D eigenvalue weighted by Gasteiger charge is -2.31. The second kappa shape index (κ2) is 5.70. The van der Waals surface area contributed by atoms with Crippen molar-refractivity contribution in [1.82, 2.24) is 5.32 Å². The molecule has 5 heteroatoms. The maximum Gasteiger partial charge on any atom is 0.408 e. The van der Waals surface area contributed by atoms with Gasteiger partial charge in [0.25, 0.3) is 0 Å². The summed E-state index contributed by atoms with van der Waals surface area (Å²) in [5, 5.41) is 11.7. The molecule has 0 aromatic rings. The molecule has 0 aromatic carbocycles. The maximum absolute atomic E-state index is 11.4. The highest BCUT2D eigenvalue weighted by Gasteiger charge is 2.44. The third kappa shape index (κ3) is 3.22. The number of ether oxygens (including phenoxy) is 1. The van der Waals surface area contributed by atoms with Crippen LogP contribution in [0.15, 0.2) is 12.7 Å². The minimum Gasteiger partial charge on any atom is -0.480 e. The van der Waals surface area contributed by atoms with Crippen molar-refractivity contribution in [2.24, 2.45) is 5.92 Å². The Kier molecular flexibility index (Phi) is 4.54. The Bertz CT molecular complexity index is 310. The average molecular weight is 241 g/mol. The number of carbonyl (C=O) groups excluding carboxylic acids is 1. The molecule has 1 rings (SSSR count). The number of amides is 1. The molecule has 17 heavy (non-hydrogen) atoms. The second-order valence-corrected chi connectivity index (χ2v) is 4.50. The van der Waals surface area contributed by atoms with Crippen LogP contribution in [0.3, 0.4) is 0 Å². The van der Waals surface area contributed by atoms with Gasteiger partial charge in [-0.25, -0.2) is 9.59 Å². The molecule has 1 amide bonds. The number of hydrogen-bond acceptors (Lipinski definition) is 3. The summed E-state index contributed by atoms with van der Waals surface area (Å²) in [6, 6.07) is 0. The summed E-state index contributed by atoms with van der Waals surface area (Å²) >= 11 is 0. The number of aliphatic carboxylic acids is 1. The molecule has 0 radical (unpaired) electrons. The zero-order valence-electron chi connectivity index (χ0n) is 10.1. The zero-order valence-corrected chi connectivity index (χ0v) is 10.1. The SMILES string of the molecule is C=CCOC(=O)NC(C)(C(=O)O)C1CCCC1. The lowest BCUT2D eigenvalue weighted by molar-refractivity contribution is -0.146. The number of carbonyl (C=O) groups is 2. The maximum atomic E-state index is 11.4. The van der Waals surface area contributed by atoms with Crippen LogP contribution in [0.4, 0.5) is 4.79 Å². The van der Waals surface area contributed by atoms with E-state index >= 15 is 0 Å². The van der Waals surface area contributed by atoms with Crippen LogP contribution < -0.4 is 5.32 Å². The van der Waals surface area contributed by atoms with Crippen molar-refractivity contribution >= 4 is 12.1 Å². The molecule has 0 aromatic heterocycles. The highest BCUT2D eigenvalue weighted by Crippen LogP contribution is 2.34. The van der Waals surface area contributed by atoms with Crippen LogP contribution in [0.1, 0.15) is 32.6 Å².